The molecule has 0 bridgehead atoms. The molecule has 10 nitrogen and oxygen atoms in total. The molecule has 32 heavy (non-hydrogen) atoms. The number of nitro benzene ring substituents is 2. The Morgan fingerprint density at radius 2 is 1.19 bits per heavy atom. The van der Waals surface area contributed by atoms with Gasteiger partial charge in [-0.05, 0) is 52.0 Å². The van der Waals surface area contributed by atoms with Crippen molar-refractivity contribution in [3.8, 4) is 0 Å². The molecular weight excluding hydrogens is 412 g/mol. The summed E-state index contributed by atoms with van der Waals surface area (Å²) >= 11 is 0. The number of nitro groups is 2. The van der Waals surface area contributed by atoms with E-state index in [0.29, 0.717) is 39.9 Å². The van der Waals surface area contributed by atoms with Crippen LogP contribution in [0, 0.1) is 20.2 Å². The third-order valence-corrected chi connectivity index (χ3v) is 4.49. The fraction of sp³-hybridized carbons (Fsp3) is 0.182. The van der Waals surface area contributed by atoms with Crippen molar-refractivity contribution < 1.29 is 9.85 Å². The van der Waals surface area contributed by atoms with Gasteiger partial charge in [-0.2, -0.15) is 0 Å². The molecule has 164 valence electrons. The highest BCUT2D eigenvalue weighted by atomic mass is 16.6. The molecule has 2 N–H and O–H groups in total. The number of allylic oxidation sites excluding steroid dienone is 4. The summed E-state index contributed by atoms with van der Waals surface area (Å²) in [4.78, 5) is 30.6. The van der Waals surface area contributed by atoms with Crippen molar-refractivity contribution in [2.45, 2.75) is 27.7 Å². The van der Waals surface area contributed by atoms with Crippen LogP contribution in [0.3, 0.4) is 0 Å². The summed E-state index contributed by atoms with van der Waals surface area (Å²) < 4.78 is 0. The van der Waals surface area contributed by atoms with Gasteiger partial charge in [0.1, 0.15) is 0 Å². The maximum atomic E-state index is 11.2. The Morgan fingerprint density at radius 1 is 0.688 bits per heavy atom. The van der Waals surface area contributed by atoms with E-state index in [9.17, 15) is 20.2 Å². The Morgan fingerprint density at radius 3 is 1.78 bits per heavy atom. The van der Waals surface area contributed by atoms with Gasteiger partial charge in [0.25, 0.3) is 11.4 Å². The average Bonchev–Trinajstić information content (AvgIpc) is 2.69. The Hall–Kier alpha value is -4.34. The minimum atomic E-state index is -0.470. The van der Waals surface area contributed by atoms with E-state index in [-0.39, 0.29) is 11.4 Å². The lowest BCUT2D eigenvalue weighted by Crippen LogP contribution is -2.03. The molecule has 10 heteroatoms. The number of rotatable bonds is 2. The first-order chi connectivity index (χ1) is 15.1. The van der Waals surface area contributed by atoms with Crippen LogP contribution < -0.4 is 10.6 Å². The van der Waals surface area contributed by atoms with Crippen molar-refractivity contribution in [1.82, 2.24) is 0 Å². The number of benzene rings is 2. The first-order valence-electron chi connectivity index (χ1n) is 9.70. The maximum Gasteiger partial charge on any atom is 0.271 e. The minimum absolute atomic E-state index is 0.0574. The van der Waals surface area contributed by atoms with Crippen molar-refractivity contribution in [1.29, 1.82) is 0 Å². The predicted molar refractivity (Wildman–Crippen MR) is 126 cm³/mol. The number of anilines is 2. The molecule has 0 amide bonds. The molecular formula is C22H22N6O4. The lowest BCUT2D eigenvalue weighted by molar-refractivity contribution is -0.385. The monoisotopic (exact) mass is 434 g/mol. The van der Waals surface area contributed by atoms with E-state index in [0.717, 1.165) is 5.70 Å². The first-order valence-corrected chi connectivity index (χ1v) is 9.70. The van der Waals surface area contributed by atoms with E-state index >= 15 is 0 Å². The number of hydrogen-bond donors (Lipinski definition) is 2. The molecule has 2 aromatic rings. The lowest BCUT2D eigenvalue weighted by Gasteiger charge is -2.13. The van der Waals surface area contributed by atoms with Crippen LogP contribution in [-0.2, 0) is 0 Å². The number of non-ortho nitro benzene ring substituents is 2. The van der Waals surface area contributed by atoms with Crippen LogP contribution in [-0.4, -0.2) is 21.3 Å². The first kappa shape index (κ1) is 22.3. The minimum Gasteiger partial charge on any atom is -0.357 e. The molecule has 0 fully saturated rings. The van der Waals surface area contributed by atoms with Gasteiger partial charge >= 0.3 is 0 Å². The topological polar surface area (TPSA) is 135 Å². The van der Waals surface area contributed by atoms with Gasteiger partial charge in [0.2, 0.25) is 0 Å². The van der Waals surface area contributed by atoms with Gasteiger partial charge in [-0.3, -0.25) is 30.2 Å². The molecule has 3 rings (SSSR count). The summed E-state index contributed by atoms with van der Waals surface area (Å²) in [6.45, 7) is 7.20. The summed E-state index contributed by atoms with van der Waals surface area (Å²) in [6.07, 6.45) is 3.55. The summed E-state index contributed by atoms with van der Waals surface area (Å²) in [7, 11) is 0. The number of nitrogens with one attached hydrogen (secondary N) is 2. The summed E-state index contributed by atoms with van der Waals surface area (Å²) in [5, 5.41) is 28.8. The average molecular weight is 434 g/mol. The molecule has 0 saturated heterocycles. The van der Waals surface area contributed by atoms with Crippen LogP contribution in [0.5, 0.6) is 0 Å². The Balaban J connectivity index is 2.17. The summed E-state index contributed by atoms with van der Waals surface area (Å²) in [5.74, 6) is 0. The van der Waals surface area contributed by atoms with E-state index in [2.05, 4.69) is 20.6 Å². The van der Waals surface area contributed by atoms with Crippen molar-refractivity contribution in [2.75, 3.05) is 10.6 Å². The van der Waals surface area contributed by atoms with Gasteiger partial charge in [0.15, 0.2) is 0 Å². The lowest BCUT2D eigenvalue weighted by atomic mass is 10.2. The number of fused-ring (bicyclic) bond motifs is 2. The van der Waals surface area contributed by atoms with Crippen LogP contribution in [0.2, 0.25) is 0 Å². The second kappa shape index (κ2) is 9.21. The van der Waals surface area contributed by atoms with E-state index < -0.39 is 9.85 Å². The van der Waals surface area contributed by atoms with Gasteiger partial charge in [0, 0.05) is 47.1 Å². The second-order valence-corrected chi connectivity index (χ2v) is 7.33. The van der Waals surface area contributed by atoms with Crippen LogP contribution in [0.4, 0.5) is 34.1 Å². The zero-order chi connectivity index (χ0) is 23.4. The molecule has 0 radical (unpaired) electrons. The van der Waals surface area contributed by atoms with Gasteiger partial charge in [-0.1, -0.05) is 0 Å². The molecule has 0 unspecified atom stereocenters. The number of hydrogen-bond acceptors (Lipinski definition) is 8. The highest BCUT2D eigenvalue weighted by Crippen LogP contribution is 2.33. The van der Waals surface area contributed by atoms with Crippen LogP contribution >= 0.6 is 0 Å². The molecule has 0 aromatic heterocycles. The van der Waals surface area contributed by atoms with Crippen molar-refractivity contribution in [2.24, 2.45) is 9.98 Å². The molecule has 1 aliphatic rings. The van der Waals surface area contributed by atoms with Gasteiger partial charge in [0.05, 0.1) is 32.6 Å². The van der Waals surface area contributed by atoms with Gasteiger partial charge in [-0.25, -0.2) is 0 Å². The van der Waals surface area contributed by atoms with Gasteiger partial charge in [-0.15, -0.1) is 0 Å². The van der Waals surface area contributed by atoms with E-state index in [1.54, 1.807) is 38.1 Å². The van der Waals surface area contributed by atoms with Gasteiger partial charge < -0.3 is 10.6 Å². The fourth-order valence-electron chi connectivity index (χ4n) is 3.24. The van der Waals surface area contributed by atoms with Crippen molar-refractivity contribution >= 4 is 45.5 Å². The Kier molecular flexibility index (Phi) is 6.43. The third kappa shape index (κ3) is 5.42. The van der Waals surface area contributed by atoms with Crippen LogP contribution in [0.15, 0.2) is 69.9 Å². The predicted octanol–water partition coefficient (Wildman–Crippen LogP) is 6.03. The highest BCUT2D eigenvalue weighted by Gasteiger charge is 2.13. The zero-order valence-corrected chi connectivity index (χ0v) is 18.0. The van der Waals surface area contributed by atoms with E-state index in [4.69, 9.17) is 0 Å². The standard InChI is InChI=1S/C22H22N6O4/c1-13-9-14(2)24-20-8-6-18(28(31)32)12-22(20)26-16(4)10-15(3)25-21-11-17(27(29)30)5-7-19(21)23-13/h5-12,23,26H,1-4H3/b13-9-,16-10-,24-14?,25-15?. The van der Waals surface area contributed by atoms with E-state index in [1.807, 2.05) is 13.8 Å². The number of aliphatic imine (C=N–C) groups is 2. The van der Waals surface area contributed by atoms with Crippen LogP contribution in [0.1, 0.15) is 27.7 Å². The zero-order valence-electron chi connectivity index (χ0n) is 18.0. The Bertz CT molecular complexity index is 1230. The quantitative estimate of drug-likeness (QED) is 0.437. The maximum absolute atomic E-state index is 11.2. The van der Waals surface area contributed by atoms with Crippen molar-refractivity contribution in [3.05, 3.63) is 80.2 Å². The molecule has 0 saturated carbocycles. The second-order valence-electron chi connectivity index (χ2n) is 7.33. The highest BCUT2D eigenvalue weighted by molar-refractivity contribution is 5.99. The normalized spacial score (nSPS) is 17.4. The molecule has 1 aliphatic heterocycles. The number of nitrogens with zero attached hydrogens (tertiary/aromatic N) is 4. The third-order valence-electron chi connectivity index (χ3n) is 4.49. The summed E-state index contributed by atoms with van der Waals surface area (Å²) in [5.41, 5.74) is 4.59. The smallest absolute Gasteiger partial charge is 0.271 e. The molecule has 0 aliphatic carbocycles. The molecule has 1 heterocycles. The fourth-order valence-corrected chi connectivity index (χ4v) is 3.24. The van der Waals surface area contributed by atoms with Crippen molar-refractivity contribution in [3.63, 3.8) is 0 Å². The molecule has 2 aromatic carbocycles. The molecule has 0 atom stereocenters. The molecule has 0 spiro atoms. The summed E-state index contributed by atoms with van der Waals surface area (Å²) in [6, 6.07) is 8.86. The Labute approximate surface area is 184 Å². The largest absolute Gasteiger partial charge is 0.357 e. The van der Waals surface area contributed by atoms with E-state index in [1.165, 1.54) is 24.3 Å². The van der Waals surface area contributed by atoms with Crippen LogP contribution in [0.25, 0.3) is 0 Å². The SMILES string of the molecule is CC1=Nc2cc([N+](=O)[O-])ccc2N/C(C)=C\C(C)=Nc2ccc([N+](=O)[O-])cc2N/C(C)=C\1.